The van der Waals surface area contributed by atoms with Gasteiger partial charge in [-0.1, -0.05) is 13.8 Å². The van der Waals surface area contributed by atoms with Crippen molar-refractivity contribution in [3.63, 3.8) is 0 Å². The van der Waals surface area contributed by atoms with Crippen molar-refractivity contribution in [2.75, 3.05) is 20.3 Å². The quantitative estimate of drug-likeness (QED) is 0.662. The number of nitrogens with one attached hydrogen (secondary N) is 1. The van der Waals surface area contributed by atoms with Crippen molar-refractivity contribution in [2.45, 2.75) is 51.3 Å². The molecular weight excluding hydrogens is 178 g/mol. The zero-order valence-corrected chi connectivity index (χ0v) is 9.58. The molecule has 0 amide bonds. The van der Waals surface area contributed by atoms with E-state index in [0.717, 1.165) is 13.0 Å². The van der Waals surface area contributed by atoms with Crippen LogP contribution in [-0.2, 0) is 9.47 Å². The van der Waals surface area contributed by atoms with Gasteiger partial charge >= 0.3 is 0 Å². The molecule has 1 rings (SSSR count). The Kier molecular flexibility index (Phi) is 5.45. The lowest BCUT2D eigenvalue weighted by atomic mass is 10.2. The van der Waals surface area contributed by atoms with Crippen LogP contribution in [0.4, 0.5) is 0 Å². The van der Waals surface area contributed by atoms with Gasteiger partial charge in [-0.15, -0.1) is 0 Å². The number of ether oxygens (including phenoxy) is 2. The third kappa shape index (κ3) is 4.40. The van der Waals surface area contributed by atoms with Crippen LogP contribution in [0.15, 0.2) is 0 Å². The molecular formula is C11H23NO2. The maximum atomic E-state index is 5.69. The summed E-state index contributed by atoms with van der Waals surface area (Å²) in [4.78, 5) is 0. The Labute approximate surface area is 87.2 Å². The van der Waals surface area contributed by atoms with E-state index in [-0.39, 0.29) is 0 Å². The number of methoxy groups -OCH3 is 1. The average Bonchev–Trinajstić information content (AvgIpc) is 2.52. The van der Waals surface area contributed by atoms with E-state index >= 15 is 0 Å². The van der Waals surface area contributed by atoms with Crippen molar-refractivity contribution in [3.05, 3.63) is 0 Å². The molecule has 2 atom stereocenters. The maximum absolute atomic E-state index is 5.69. The van der Waals surface area contributed by atoms with Crippen LogP contribution in [0.3, 0.4) is 0 Å². The normalized spacial score (nSPS) is 27.4. The Morgan fingerprint density at radius 3 is 2.71 bits per heavy atom. The molecule has 0 saturated heterocycles. The first-order valence-corrected chi connectivity index (χ1v) is 5.59. The van der Waals surface area contributed by atoms with Gasteiger partial charge in [-0.3, -0.25) is 0 Å². The van der Waals surface area contributed by atoms with Gasteiger partial charge < -0.3 is 14.8 Å². The molecule has 3 nitrogen and oxygen atoms in total. The highest BCUT2D eigenvalue weighted by Gasteiger charge is 2.25. The van der Waals surface area contributed by atoms with Gasteiger partial charge in [-0.2, -0.15) is 0 Å². The van der Waals surface area contributed by atoms with E-state index in [1.165, 1.54) is 12.8 Å². The summed E-state index contributed by atoms with van der Waals surface area (Å²) in [6.45, 7) is 5.83. The Hall–Kier alpha value is -0.120. The minimum atomic E-state index is 0.446. The van der Waals surface area contributed by atoms with Crippen molar-refractivity contribution in [1.29, 1.82) is 0 Å². The van der Waals surface area contributed by atoms with Crippen molar-refractivity contribution in [3.8, 4) is 0 Å². The Morgan fingerprint density at radius 2 is 2.07 bits per heavy atom. The standard InChI is InChI=1S/C11H23NO2/c1-9(2)12-10-4-5-11(8-10)14-7-6-13-3/h9-12H,4-8H2,1-3H3/t10-,11+/m1/s1. The molecule has 0 bridgehead atoms. The second-order valence-corrected chi connectivity index (χ2v) is 4.32. The van der Waals surface area contributed by atoms with Crippen LogP contribution in [-0.4, -0.2) is 38.5 Å². The molecule has 1 fully saturated rings. The zero-order valence-electron chi connectivity index (χ0n) is 9.58. The van der Waals surface area contributed by atoms with Crippen LogP contribution in [0.25, 0.3) is 0 Å². The molecule has 0 aromatic carbocycles. The van der Waals surface area contributed by atoms with Gasteiger partial charge in [0.25, 0.3) is 0 Å². The van der Waals surface area contributed by atoms with Crippen molar-refractivity contribution in [1.82, 2.24) is 5.32 Å². The predicted octanol–water partition coefficient (Wildman–Crippen LogP) is 1.57. The summed E-state index contributed by atoms with van der Waals surface area (Å²) in [6.07, 6.45) is 4.03. The van der Waals surface area contributed by atoms with E-state index in [9.17, 15) is 0 Å². The topological polar surface area (TPSA) is 30.5 Å². The fraction of sp³-hybridized carbons (Fsp3) is 1.00. The van der Waals surface area contributed by atoms with E-state index in [2.05, 4.69) is 19.2 Å². The highest BCUT2D eigenvalue weighted by atomic mass is 16.5. The molecule has 1 aliphatic carbocycles. The van der Waals surface area contributed by atoms with E-state index in [4.69, 9.17) is 9.47 Å². The molecule has 1 N–H and O–H groups in total. The molecule has 0 radical (unpaired) electrons. The average molecular weight is 201 g/mol. The number of hydrogen-bond donors (Lipinski definition) is 1. The highest BCUT2D eigenvalue weighted by Crippen LogP contribution is 2.22. The largest absolute Gasteiger partial charge is 0.382 e. The van der Waals surface area contributed by atoms with E-state index in [1.807, 2.05) is 0 Å². The summed E-state index contributed by atoms with van der Waals surface area (Å²) in [5.41, 5.74) is 0. The minimum Gasteiger partial charge on any atom is -0.382 e. The Bertz CT molecular complexity index is 150. The third-order valence-electron chi connectivity index (χ3n) is 2.59. The van der Waals surface area contributed by atoms with E-state index in [1.54, 1.807) is 7.11 Å². The van der Waals surface area contributed by atoms with E-state index in [0.29, 0.717) is 24.8 Å². The molecule has 1 aliphatic rings. The molecule has 0 unspecified atom stereocenters. The lowest BCUT2D eigenvalue weighted by Gasteiger charge is -2.16. The fourth-order valence-corrected chi connectivity index (χ4v) is 2.01. The number of rotatable bonds is 6. The van der Waals surface area contributed by atoms with Gasteiger partial charge in [0.2, 0.25) is 0 Å². The third-order valence-corrected chi connectivity index (χ3v) is 2.59. The van der Waals surface area contributed by atoms with Gasteiger partial charge in [0.1, 0.15) is 0 Å². The van der Waals surface area contributed by atoms with Crippen LogP contribution >= 0.6 is 0 Å². The lowest BCUT2D eigenvalue weighted by Crippen LogP contribution is -2.33. The SMILES string of the molecule is COCCO[C@H]1CC[C@@H](NC(C)C)C1. The minimum absolute atomic E-state index is 0.446. The summed E-state index contributed by atoms with van der Waals surface area (Å²) in [5, 5.41) is 3.55. The smallest absolute Gasteiger partial charge is 0.0704 e. The Balaban J connectivity index is 2.08. The first-order chi connectivity index (χ1) is 6.72. The van der Waals surface area contributed by atoms with Crippen molar-refractivity contribution >= 4 is 0 Å². The molecule has 0 heterocycles. The molecule has 1 saturated carbocycles. The van der Waals surface area contributed by atoms with Gasteiger partial charge in [0, 0.05) is 19.2 Å². The first-order valence-electron chi connectivity index (χ1n) is 5.59. The second-order valence-electron chi connectivity index (χ2n) is 4.32. The summed E-state index contributed by atoms with van der Waals surface area (Å²) < 4.78 is 10.6. The predicted molar refractivity (Wildman–Crippen MR) is 57.5 cm³/mol. The molecule has 0 spiro atoms. The molecule has 3 heteroatoms. The van der Waals surface area contributed by atoms with Crippen LogP contribution < -0.4 is 5.32 Å². The summed E-state index contributed by atoms with van der Waals surface area (Å²) in [7, 11) is 1.71. The summed E-state index contributed by atoms with van der Waals surface area (Å²) in [6, 6.07) is 1.24. The molecule has 14 heavy (non-hydrogen) atoms. The van der Waals surface area contributed by atoms with Gasteiger partial charge in [0.05, 0.1) is 19.3 Å². The fourth-order valence-electron chi connectivity index (χ4n) is 2.01. The van der Waals surface area contributed by atoms with E-state index < -0.39 is 0 Å². The summed E-state index contributed by atoms with van der Waals surface area (Å²) >= 11 is 0. The van der Waals surface area contributed by atoms with Gasteiger partial charge in [-0.05, 0) is 19.3 Å². The highest BCUT2D eigenvalue weighted by molar-refractivity contribution is 4.82. The zero-order chi connectivity index (χ0) is 10.4. The Morgan fingerprint density at radius 1 is 1.29 bits per heavy atom. The molecule has 0 aromatic rings. The van der Waals surface area contributed by atoms with Gasteiger partial charge in [0.15, 0.2) is 0 Å². The summed E-state index contributed by atoms with van der Waals surface area (Å²) in [5.74, 6) is 0. The monoisotopic (exact) mass is 201 g/mol. The van der Waals surface area contributed by atoms with Gasteiger partial charge in [-0.25, -0.2) is 0 Å². The second kappa shape index (κ2) is 6.38. The molecule has 0 aromatic heterocycles. The molecule has 0 aliphatic heterocycles. The molecule has 84 valence electrons. The van der Waals surface area contributed by atoms with Crippen LogP contribution in [0.2, 0.25) is 0 Å². The lowest BCUT2D eigenvalue weighted by molar-refractivity contribution is 0.0199. The van der Waals surface area contributed by atoms with Crippen molar-refractivity contribution < 1.29 is 9.47 Å². The maximum Gasteiger partial charge on any atom is 0.0704 e. The first kappa shape index (κ1) is 12.0. The van der Waals surface area contributed by atoms with Crippen LogP contribution in [0.5, 0.6) is 0 Å². The number of hydrogen-bond acceptors (Lipinski definition) is 3. The van der Waals surface area contributed by atoms with Crippen molar-refractivity contribution in [2.24, 2.45) is 0 Å². The van der Waals surface area contributed by atoms with Crippen LogP contribution in [0, 0.1) is 0 Å². The van der Waals surface area contributed by atoms with Crippen LogP contribution in [0.1, 0.15) is 33.1 Å².